The monoisotopic (exact) mass is 264 g/mol. The number of hydrazine groups is 1. The molecule has 0 atom stereocenters. The highest BCUT2D eigenvalue weighted by Crippen LogP contribution is 2.25. The van der Waals surface area contributed by atoms with Gasteiger partial charge in [0, 0.05) is 5.02 Å². The fourth-order valence-corrected chi connectivity index (χ4v) is 1.72. The highest BCUT2D eigenvalue weighted by molar-refractivity contribution is 6.31. The zero-order valence-corrected chi connectivity index (χ0v) is 10.6. The summed E-state index contributed by atoms with van der Waals surface area (Å²) in [6.07, 6.45) is 3.86. The molecule has 3 N–H and O–H groups in total. The van der Waals surface area contributed by atoms with Crippen molar-refractivity contribution in [3.05, 3.63) is 41.2 Å². The second kappa shape index (κ2) is 5.66. The predicted molar refractivity (Wildman–Crippen MR) is 70.7 cm³/mol. The molecule has 0 saturated heterocycles. The van der Waals surface area contributed by atoms with Gasteiger partial charge < -0.3 is 10.2 Å². The largest absolute Gasteiger partial charge is 0.437 e. The molecule has 0 unspecified atom stereocenters. The van der Waals surface area contributed by atoms with E-state index in [-0.39, 0.29) is 0 Å². The number of nitrogens with zero attached hydrogens (tertiary/aromatic N) is 2. The zero-order valence-electron chi connectivity index (χ0n) is 9.85. The van der Waals surface area contributed by atoms with Crippen LogP contribution in [0.4, 0.5) is 5.82 Å². The third-order valence-electron chi connectivity index (χ3n) is 2.38. The number of ether oxygens (including phenoxy) is 1. The van der Waals surface area contributed by atoms with E-state index in [1.807, 2.05) is 13.0 Å². The van der Waals surface area contributed by atoms with Gasteiger partial charge >= 0.3 is 0 Å². The van der Waals surface area contributed by atoms with Crippen molar-refractivity contribution in [1.29, 1.82) is 0 Å². The Balaban J connectivity index is 2.22. The van der Waals surface area contributed by atoms with Crippen LogP contribution in [0, 0.1) is 0 Å². The highest BCUT2D eigenvalue weighted by atomic mass is 35.5. The summed E-state index contributed by atoms with van der Waals surface area (Å²) in [5, 5.41) is 0.730. The van der Waals surface area contributed by atoms with Crippen LogP contribution in [-0.2, 0) is 6.42 Å². The van der Waals surface area contributed by atoms with Crippen LogP contribution in [0.15, 0.2) is 30.6 Å². The number of rotatable bonds is 4. The summed E-state index contributed by atoms with van der Waals surface area (Å²) in [6.45, 7) is 2.03. The van der Waals surface area contributed by atoms with Crippen molar-refractivity contribution in [2.45, 2.75) is 13.3 Å². The Morgan fingerprint density at radius 2 is 2.22 bits per heavy atom. The lowest BCUT2D eigenvalue weighted by atomic mass is 10.1. The van der Waals surface area contributed by atoms with E-state index in [4.69, 9.17) is 22.2 Å². The summed E-state index contributed by atoms with van der Waals surface area (Å²) in [5.74, 6) is 6.73. The Bertz CT molecular complexity index is 547. The molecule has 0 fully saturated rings. The molecule has 0 radical (unpaired) electrons. The first-order valence-corrected chi connectivity index (χ1v) is 5.85. The lowest BCUT2D eigenvalue weighted by Crippen LogP contribution is -2.09. The maximum absolute atomic E-state index is 6.04. The normalized spacial score (nSPS) is 10.2. The molecule has 0 amide bonds. The van der Waals surface area contributed by atoms with E-state index in [1.165, 1.54) is 12.4 Å². The topological polar surface area (TPSA) is 73.1 Å². The Morgan fingerprint density at radius 1 is 1.39 bits per heavy atom. The van der Waals surface area contributed by atoms with E-state index in [0.29, 0.717) is 17.4 Å². The molecule has 0 spiro atoms. The molecule has 6 heteroatoms. The number of halogens is 1. The van der Waals surface area contributed by atoms with E-state index in [9.17, 15) is 0 Å². The van der Waals surface area contributed by atoms with Gasteiger partial charge in [-0.15, -0.1) is 0 Å². The van der Waals surface area contributed by atoms with Crippen molar-refractivity contribution in [3.63, 3.8) is 0 Å². The number of hydrogen-bond donors (Lipinski definition) is 2. The average molecular weight is 265 g/mol. The minimum Gasteiger partial charge on any atom is -0.437 e. The van der Waals surface area contributed by atoms with Crippen LogP contribution in [0.25, 0.3) is 0 Å². The first kappa shape index (κ1) is 12.6. The summed E-state index contributed by atoms with van der Waals surface area (Å²) in [4.78, 5) is 8.07. The van der Waals surface area contributed by atoms with Crippen LogP contribution in [0.3, 0.4) is 0 Å². The van der Waals surface area contributed by atoms with Gasteiger partial charge in [-0.05, 0) is 30.2 Å². The van der Waals surface area contributed by atoms with Gasteiger partial charge in [0.05, 0.1) is 12.4 Å². The number of nitrogens with two attached hydrogens (primary N) is 1. The fraction of sp³-hybridized carbons (Fsp3) is 0.167. The summed E-state index contributed by atoms with van der Waals surface area (Å²) >= 11 is 6.04. The SMILES string of the molecule is CCc1cc(Oc2cncc(NN)n2)ccc1Cl. The molecule has 2 aromatic rings. The van der Waals surface area contributed by atoms with E-state index in [1.54, 1.807) is 12.1 Å². The van der Waals surface area contributed by atoms with Gasteiger partial charge in [-0.1, -0.05) is 18.5 Å². The second-order valence-corrected chi connectivity index (χ2v) is 4.00. The van der Waals surface area contributed by atoms with Crippen molar-refractivity contribution in [2.75, 3.05) is 5.43 Å². The Kier molecular flexibility index (Phi) is 3.96. The molecule has 18 heavy (non-hydrogen) atoms. The molecule has 2 rings (SSSR count). The van der Waals surface area contributed by atoms with Gasteiger partial charge in [0.2, 0.25) is 5.88 Å². The minimum absolute atomic E-state index is 0.370. The Labute approximate surface area is 110 Å². The summed E-state index contributed by atoms with van der Waals surface area (Å²) in [7, 11) is 0. The molecule has 0 saturated carbocycles. The molecular formula is C12H13ClN4O. The van der Waals surface area contributed by atoms with Crippen LogP contribution in [0.1, 0.15) is 12.5 Å². The maximum atomic E-state index is 6.04. The van der Waals surface area contributed by atoms with Gasteiger partial charge in [-0.25, -0.2) is 5.84 Å². The van der Waals surface area contributed by atoms with Gasteiger partial charge in [0.15, 0.2) is 5.82 Å². The first-order chi connectivity index (χ1) is 8.72. The number of aryl methyl sites for hydroxylation is 1. The number of anilines is 1. The molecule has 0 bridgehead atoms. The van der Waals surface area contributed by atoms with Crippen LogP contribution in [-0.4, -0.2) is 9.97 Å². The third-order valence-corrected chi connectivity index (χ3v) is 2.75. The number of nitrogen functional groups attached to an aromatic ring is 1. The van der Waals surface area contributed by atoms with Crippen molar-refractivity contribution in [2.24, 2.45) is 5.84 Å². The molecular weight excluding hydrogens is 252 g/mol. The quantitative estimate of drug-likeness (QED) is 0.656. The van der Waals surface area contributed by atoms with E-state index < -0.39 is 0 Å². The smallest absolute Gasteiger partial charge is 0.239 e. The summed E-state index contributed by atoms with van der Waals surface area (Å²) < 4.78 is 5.59. The third kappa shape index (κ3) is 2.88. The molecule has 1 aromatic carbocycles. The molecule has 0 aliphatic rings. The molecule has 1 heterocycles. The number of aromatic nitrogens is 2. The summed E-state index contributed by atoms with van der Waals surface area (Å²) in [5.41, 5.74) is 3.43. The maximum Gasteiger partial charge on any atom is 0.239 e. The predicted octanol–water partition coefficient (Wildman–Crippen LogP) is 2.77. The van der Waals surface area contributed by atoms with E-state index in [2.05, 4.69) is 15.4 Å². The van der Waals surface area contributed by atoms with Gasteiger partial charge in [0.25, 0.3) is 0 Å². The standard InChI is InChI=1S/C12H13ClN4O/c1-2-8-5-9(3-4-10(8)13)18-12-7-15-6-11(16-12)17-14/h3-7H,2,14H2,1H3,(H,16,17). The first-order valence-electron chi connectivity index (χ1n) is 5.48. The number of nitrogens with one attached hydrogen (secondary N) is 1. The van der Waals surface area contributed by atoms with Crippen LogP contribution < -0.4 is 16.0 Å². The van der Waals surface area contributed by atoms with E-state index >= 15 is 0 Å². The van der Waals surface area contributed by atoms with Gasteiger partial charge in [-0.3, -0.25) is 4.98 Å². The van der Waals surface area contributed by atoms with Gasteiger partial charge in [0.1, 0.15) is 5.75 Å². The zero-order chi connectivity index (χ0) is 13.0. The Hall–Kier alpha value is -1.85. The van der Waals surface area contributed by atoms with Crippen LogP contribution in [0.2, 0.25) is 5.02 Å². The van der Waals surface area contributed by atoms with Crippen LogP contribution in [0.5, 0.6) is 11.6 Å². The molecule has 1 aromatic heterocycles. The summed E-state index contributed by atoms with van der Waals surface area (Å²) in [6, 6.07) is 5.46. The van der Waals surface area contributed by atoms with Gasteiger partial charge in [-0.2, -0.15) is 4.98 Å². The lowest BCUT2D eigenvalue weighted by molar-refractivity contribution is 0.460. The fourth-order valence-electron chi connectivity index (χ4n) is 1.47. The lowest BCUT2D eigenvalue weighted by Gasteiger charge is -2.08. The number of benzene rings is 1. The van der Waals surface area contributed by atoms with Crippen molar-refractivity contribution < 1.29 is 4.74 Å². The van der Waals surface area contributed by atoms with E-state index in [0.717, 1.165) is 17.0 Å². The molecule has 5 nitrogen and oxygen atoms in total. The average Bonchev–Trinajstić information content (AvgIpc) is 2.41. The van der Waals surface area contributed by atoms with Crippen molar-refractivity contribution >= 4 is 17.4 Å². The molecule has 0 aliphatic carbocycles. The number of hydrogen-bond acceptors (Lipinski definition) is 5. The second-order valence-electron chi connectivity index (χ2n) is 3.60. The molecule has 0 aliphatic heterocycles. The van der Waals surface area contributed by atoms with Crippen molar-refractivity contribution in [1.82, 2.24) is 9.97 Å². The molecule has 94 valence electrons. The highest BCUT2D eigenvalue weighted by Gasteiger charge is 2.04. The van der Waals surface area contributed by atoms with Crippen LogP contribution >= 0.6 is 11.6 Å². The minimum atomic E-state index is 0.370. The Morgan fingerprint density at radius 3 is 2.94 bits per heavy atom. The van der Waals surface area contributed by atoms with Crippen molar-refractivity contribution in [3.8, 4) is 11.6 Å².